The number of carbonyl (C=O) groups is 1. The van der Waals surface area contributed by atoms with Crippen LogP contribution in [-0.2, 0) is 0 Å². The fraction of sp³-hybridized carbons (Fsp3) is 0.211. The standard InChI is InChI=1S/C19H19NO3/c1-12(22)17(11-21)20-19(23)18-15-8-4-2-6-13(15)10-14-7-3-5-9-16(14)18/h2-10,12,17,21-22H,11H2,1H3,(H,20,23)/t12-,17+/m1/s1. The van der Waals surface area contributed by atoms with Crippen molar-refractivity contribution in [3.05, 3.63) is 60.2 Å². The van der Waals surface area contributed by atoms with E-state index >= 15 is 0 Å². The van der Waals surface area contributed by atoms with Gasteiger partial charge in [-0.1, -0.05) is 48.5 Å². The summed E-state index contributed by atoms with van der Waals surface area (Å²) in [4.78, 5) is 12.8. The lowest BCUT2D eigenvalue weighted by Crippen LogP contribution is -2.44. The van der Waals surface area contributed by atoms with Crippen molar-refractivity contribution in [2.24, 2.45) is 0 Å². The summed E-state index contributed by atoms with van der Waals surface area (Å²) < 4.78 is 0. The molecule has 0 aliphatic rings. The van der Waals surface area contributed by atoms with E-state index in [0.717, 1.165) is 21.5 Å². The molecule has 3 aromatic carbocycles. The fourth-order valence-corrected chi connectivity index (χ4v) is 2.82. The third kappa shape index (κ3) is 2.91. The molecule has 0 aromatic heterocycles. The van der Waals surface area contributed by atoms with Gasteiger partial charge in [0, 0.05) is 0 Å². The van der Waals surface area contributed by atoms with Crippen LogP contribution in [0.4, 0.5) is 0 Å². The Hall–Kier alpha value is -2.43. The molecule has 0 saturated heterocycles. The van der Waals surface area contributed by atoms with E-state index in [1.807, 2.05) is 48.5 Å². The van der Waals surface area contributed by atoms with E-state index in [1.165, 1.54) is 0 Å². The van der Waals surface area contributed by atoms with Gasteiger partial charge in [0.25, 0.3) is 5.91 Å². The molecule has 118 valence electrons. The molecule has 0 fully saturated rings. The minimum atomic E-state index is -0.829. The minimum Gasteiger partial charge on any atom is -0.394 e. The van der Waals surface area contributed by atoms with Crippen LogP contribution in [0, 0.1) is 0 Å². The third-order valence-electron chi connectivity index (χ3n) is 4.09. The van der Waals surface area contributed by atoms with E-state index in [9.17, 15) is 15.0 Å². The molecule has 4 heteroatoms. The zero-order valence-corrected chi connectivity index (χ0v) is 12.9. The molecule has 3 aromatic rings. The zero-order chi connectivity index (χ0) is 16.4. The molecule has 2 atom stereocenters. The van der Waals surface area contributed by atoms with E-state index in [2.05, 4.69) is 11.4 Å². The summed E-state index contributed by atoms with van der Waals surface area (Å²) in [6.45, 7) is 1.23. The first-order valence-electron chi connectivity index (χ1n) is 7.62. The molecule has 23 heavy (non-hydrogen) atoms. The van der Waals surface area contributed by atoms with Crippen LogP contribution < -0.4 is 5.32 Å². The van der Waals surface area contributed by atoms with E-state index in [1.54, 1.807) is 6.92 Å². The molecule has 1 amide bonds. The summed E-state index contributed by atoms with van der Waals surface area (Å²) in [5.41, 5.74) is 0.567. The SMILES string of the molecule is C[C@@H](O)[C@H](CO)NC(=O)c1c2ccccc2cc2ccccc12. The van der Waals surface area contributed by atoms with E-state index in [-0.39, 0.29) is 12.5 Å². The van der Waals surface area contributed by atoms with Gasteiger partial charge in [-0.2, -0.15) is 0 Å². The molecule has 3 rings (SSSR count). The van der Waals surface area contributed by atoms with E-state index in [0.29, 0.717) is 5.56 Å². The summed E-state index contributed by atoms with van der Waals surface area (Å²) >= 11 is 0. The lowest BCUT2D eigenvalue weighted by atomic mass is 9.96. The summed E-state index contributed by atoms with van der Waals surface area (Å²) in [5.74, 6) is -0.294. The summed E-state index contributed by atoms with van der Waals surface area (Å²) in [6.07, 6.45) is -0.829. The monoisotopic (exact) mass is 309 g/mol. The molecule has 3 N–H and O–H groups in total. The van der Waals surface area contributed by atoms with Gasteiger partial charge in [0.2, 0.25) is 0 Å². The molecule has 0 radical (unpaired) electrons. The second kappa shape index (κ2) is 6.36. The van der Waals surface area contributed by atoms with Crippen LogP contribution in [0.25, 0.3) is 21.5 Å². The second-order valence-electron chi connectivity index (χ2n) is 5.70. The molecule has 0 heterocycles. The summed E-state index contributed by atoms with van der Waals surface area (Å²) in [5, 5.41) is 25.4. The largest absolute Gasteiger partial charge is 0.394 e. The number of hydrogen-bond donors (Lipinski definition) is 3. The van der Waals surface area contributed by atoms with Crippen molar-refractivity contribution >= 4 is 27.5 Å². The Morgan fingerprint density at radius 2 is 1.57 bits per heavy atom. The highest BCUT2D eigenvalue weighted by Gasteiger charge is 2.20. The van der Waals surface area contributed by atoms with Crippen LogP contribution in [0.3, 0.4) is 0 Å². The van der Waals surface area contributed by atoms with Crippen molar-refractivity contribution in [1.82, 2.24) is 5.32 Å². The van der Waals surface area contributed by atoms with Crippen LogP contribution in [0.5, 0.6) is 0 Å². The van der Waals surface area contributed by atoms with Gasteiger partial charge in [-0.05, 0) is 34.5 Å². The maximum Gasteiger partial charge on any atom is 0.252 e. The number of aliphatic hydroxyl groups is 2. The zero-order valence-electron chi connectivity index (χ0n) is 12.9. The predicted octanol–water partition coefficient (Wildman–Crippen LogP) is 2.46. The number of nitrogens with one attached hydrogen (secondary N) is 1. The Kier molecular flexibility index (Phi) is 4.28. The van der Waals surface area contributed by atoms with Gasteiger partial charge in [0.05, 0.1) is 24.3 Å². The molecule has 0 unspecified atom stereocenters. The van der Waals surface area contributed by atoms with Gasteiger partial charge in [0.15, 0.2) is 0 Å². The number of benzene rings is 3. The van der Waals surface area contributed by atoms with Crippen molar-refractivity contribution in [1.29, 1.82) is 0 Å². The Labute approximate surface area is 134 Å². The lowest BCUT2D eigenvalue weighted by Gasteiger charge is -2.20. The van der Waals surface area contributed by atoms with Crippen molar-refractivity contribution in [2.45, 2.75) is 19.1 Å². The molecular formula is C19H19NO3. The lowest BCUT2D eigenvalue weighted by molar-refractivity contribution is 0.0760. The second-order valence-corrected chi connectivity index (χ2v) is 5.70. The topological polar surface area (TPSA) is 69.6 Å². The first kappa shape index (κ1) is 15.5. The van der Waals surface area contributed by atoms with Gasteiger partial charge in [-0.3, -0.25) is 4.79 Å². The number of hydrogen-bond acceptors (Lipinski definition) is 3. The number of amides is 1. The Morgan fingerprint density at radius 3 is 2.04 bits per heavy atom. The summed E-state index contributed by atoms with van der Waals surface area (Å²) in [6, 6.07) is 16.8. The molecule has 4 nitrogen and oxygen atoms in total. The average molecular weight is 309 g/mol. The van der Waals surface area contributed by atoms with E-state index < -0.39 is 12.1 Å². The molecule has 0 saturated carbocycles. The molecule has 0 aliphatic carbocycles. The Balaban J connectivity index is 2.18. The van der Waals surface area contributed by atoms with Crippen LogP contribution in [-0.4, -0.2) is 34.9 Å². The smallest absolute Gasteiger partial charge is 0.252 e. The maximum atomic E-state index is 12.8. The van der Waals surface area contributed by atoms with Gasteiger partial charge in [-0.15, -0.1) is 0 Å². The number of aliphatic hydroxyl groups excluding tert-OH is 2. The number of rotatable bonds is 4. The highest BCUT2D eigenvalue weighted by Crippen LogP contribution is 2.28. The maximum absolute atomic E-state index is 12.8. The van der Waals surface area contributed by atoms with Crippen LogP contribution in [0.15, 0.2) is 54.6 Å². The Bertz CT molecular complexity index is 803. The van der Waals surface area contributed by atoms with Crippen molar-refractivity contribution < 1.29 is 15.0 Å². The summed E-state index contributed by atoms with van der Waals surface area (Å²) in [7, 11) is 0. The average Bonchev–Trinajstić information content (AvgIpc) is 2.56. The van der Waals surface area contributed by atoms with Gasteiger partial charge >= 0.3 is 0 Å². The minimum absolute atomic E-state index is 0.294. The van der Waals surface area contributed by atoms with E-state index in [4.69, 9.17) is 0 Å². The molecule has 0 aliphatic heterocycles. The van der Waals surface area contributed by atoms with Gasteiger partial charge < -0.3 is 15.5 Å². The van der Waals surface area contributed by atoms with Crippen molar-refractivity contribution in [3.63, 3.8) is 0 Å². The number of fused-ring (bicyclic) bond motifs is 2. The van der Waals surface area contributed by atoms with Gasteiger partial charge in [-0.25, -0.2) is 0 Å². The normalized spacial score (nSPS) is 13.9. The molecular weight excluding hydrogens is 290 g/mol. The van der Waals surface area contributed by atoms with Crippen molar-refractivity contribution in [3.8, 4) is 0 Å². The first-order valence-corrected chi connectivity index (χ1v) is 7.62. The highest BCUT2D eigenvalue weighted by atomic mass is 16.3. The highest BCUT2D eigenvalue weighted by molar-refractivity contribution is 6.18. The van der Waals surface area contributed by atoms with Crippen molar-refractivity contribution in [2.75, 3.05) is 6.61 Å². The quantitative estimate of drug-likeness (QED) is 0.648. The molecule has 0 bridgehead atoms. The van der Waals surface area contributed by atoms with Crippen LogP contribution in [0.2, 0.25) is 0 Å². The third-order valence-corrected chi connectivity index (χ3v) is 4.09. The van der Waals surface area contributed by atoms with Crippen LogP contribution >= 0.6 is 0 Å². The van der Waals surface area contributed by atoms with Gasteiger partial charge in [0.1, 0.15) is 0 Å². The first-order chi connectivity index (χ1) is 11.1. The fourth-order valence-electron chi connectivity index (χ4n) is 2.82. The van der Waals surface area contributed by atoms with Crippen LogP contribution in [0.1, 0.15) is 17.3 Å². The predicted molar refractivity (Wildman–Crippen MR) is 91.5 cm³/mol. The number of carbonyl (C=O) groups excluding carboxylic acids is 1. The Morgan fingerprint density at radius 1 is 1.04 bits per heavy atom. The molecule has 0 spiro atoms.